The van der Waals surface area contributed by atoms with Gasteiger partial charge in [-0.05, 0) is 13.3 Å². The lowest BCUT2D eigenvalue weighted by molar-refractivity contribution is -0.108. The molecule has 1 aromatic heterocycles. The number of nitrogens with zero attached hydrogens (tertiary/aromatic N) is 1. The smallest absolute Gasteiger partial charge is 0.257 e. The Bertz CT molecular complexity index is 565. The van der Waals surface area contributed by atoms with Crippen LogP contribution < -0.4 is 4.72 Å². The fourth-order valence-electron chi connectivity index (χ4n) is 2.48. The van der Waals surface area contributed by atoms with Gasteiger partial charge in [0.15, 0.2) is 5.03 Å². The van der Waals surface area contributed by atoms with E-state index in [1.165, 1.54) is 6.20 Å². The number of hydrogen-bond acceptors (Lipinski definition) is 4. The van der Waals surface area contributed by atoms with Crippen LogP contribution in [0.4, 0.5) is 0 Å². The van der Waals surface area contributed by atoms with Gasteiger partial charge in [-0.25, -0.2) is 18.1 Å². The topological polar surface area (TPSA) is 84.1 Å². The van der Waals surface area contributed by atoms with Gasteiger partial charge >= 0.3 is 0 Å². The highest BCUT2D eigenvalue weighted by Crippen LogP contribution is 2.43. The van der Waals surface area contributed by atoms with Crippen LogP contribution in [-0.4, -0.2) is 37.1 Å². The molecule has 7 heteroatoms. The van der Waals surface area contributed by atoms with E-state index in [-0.39, 0.29) is 22.6 Å². The highest BCUT2D eigenvalue weighted by Gasteiger charge is 2.50. The summed E-state index contributed by atoms with van der Waals surface area (Å²) in [6.45, 7) is 8.56. The van der Waals surface area contributed by atoms with Gasteiger partial charge in [-0.1, -0.05) is 20.8 Å². The number of hydrogen-bond donors (Lipinski definition) is 2. The van der Waals surface area contributed by atoms with Crippen molar-refractivity contribution in [2.24, 2.45) is 5.41 Å². The highest BCUT2D eigenvalue weighted by atomic mass is 32.2. The molecular formula is C13H23N3O3S. The lowest BCUT2D eigenvalue weighted by Gasteiger charge is -2.51. The zero-order valence-corrected chi connectivity index (χ0v) is 13.3. The summed E-state index contributed by atoms with van der Waals surface area (Å²) in [6.07, 6.45) is 2.85. The molecule has 2 rings (SSSR count). The number of aromatic nitrogens is 2. The first kappa shape index (κ1) is 15.5. The first-order valence-corrected chi connectivity index (χ1v) is 8.47. The standard InChI is InChI=1S/C13H23N3O3S/c1-5-11-14-8-12(15-11)20(17,18)16-9-7-10(19-6-2)13(9,3)4/h8-10,16H,5-7H2,1-4H3,(H,14,15). The van der Waals surface area contributed by atoms with E-state index >= 15 is 0 Å². The summed E-state index contributed by atoms with van der Waals surface area (Å²) in [5, 5.41) is 0.130. The van der Waals surface area contributed by atoms with Crippen molar-refractivity contribution in [1.82, 2.24) is 14.7 Å². The van der Waals surface area contributed by atoms with Gasteiger partial charge in [0.1, 0.15) is 5.82 Å². The molecule has 1 aromatic rings. The van der Waals surface area contributed by atoms with Crippen LogP contribution in [0.25, 0.3) is 0 Å². The maximum atomic E-state index is 12.3. The second-order valence-corrected chi connectivity index (χ2v) is 7.41. The normalized spacial score (nSPS) is 25.4. The van der Waals surface area contributed by atoms with Crippen LogP contribution in [-0.2, 0) is 21.2 Å². The molecule has 1 fully saturated rings. The molecule has 2 atom stereocenters. The van der Waals surface area contributed by atoms with Gasteiger partial charge in [0.05, 0.1) is 12.3 Å². The van der Waals surface area contributed by atoms with E-state index in [4.69, 9.17) is 4.74 Å². The lowest BCUT2D eigenvalue weighted by atomic mass is 9.65. The third-order valence-corrected chi connectivity index (χ3v) is 5.45. The molecule has 0 radical (unpaired) electrons. The van der Waals surface area contributed by atoms with Crippen LogP contribution in [0.3, 0.4) is 0 Å². The Morgan fingerprint density at radius 2 is 2.20 bits per heavy atom. The minimum Gasteiger partial charge on any atom is -0.378 e. The maximum Gasteiger partial charge on any atom is 0.257 e. The number of sulfonamides is 1. The number of H-pyrrole nitrogens is 1. The second kappa shape index (κ2) is 5.46. The van der Waals surface area contributed by atoms with Crippen molar-refractivity contribution in [2.45, 2.75) is 57.7 Å². The quantitative estimate of drug-likeness (QED) is 0.833. The zero-order chi connectivity index (χ0) is 15.0. The maximum absolute atomic E-state index is 12.3. The van der Waals surface area contributed by atoms with Crippen molar-refractivity contribution < 1.29 is 13.2 Å². The largest absolute Gasteiger partial charge is 0.378 e. The molecule has 0 bridgehead atoms. The molecule has 1 heterocycles. The monoisotopic (exact) mass is 301 g/mol. The molecule has 114 valence electrons. The summed E-state index contributed by atoms with van der Waals surface area (Å²) in [5.41, 5.74) is -0.198. The molecule has 1 aliphatic carbocycles. The average molecular weight is 301 g/mol. The van der Waals surface area contributed by atoms with E-state index in [2.05, 4.69) is 14.7 Å². The van der Waals surface area contributed by atoms with Crippen LogP contribution >= 0.6 is 0 Å². The first-order chi connectivity index (χ1) is 9.31. The van der Waals surface area contributed by atoms with Crippen LogP contribution in [0, 0.1) is 5.41 Å². The van der Waals surface area contributed by atoms with E-state index in [0.29, 0.717) is 25.3 Å². The summed E-state index contributed by atoms with van der Waals surface area (Å²) >= 11 is 0. The molecule has 2 N–H and O–H groups in total. The Hall–Kier alpha value is -0.920. The predicted molar refractivity (Wildman–Crippen MR) is 75.9 cm³/mol. The van der Waals surface area contributed by atoms with Crippen molar-refractivity contribution in [2.75, 3.05) is 6.61 Å². The van der Waals surface area contributed by atoms with E-state index < -0.39 is 10.0 Å². The number of nitrogens with one attached hydrogen (secondary N) is 2. The zero-order valence-electron chi connectivity index (χ0n) is 12.4. The van der Waals surface area contributed by atoms with Crippen molar-refractivity contribution in [3.05, 3.63) is 12.0 Å². The summed E-state index contributed by atoms with van der Waals surface area (Å²) in [6, 6.07) is -0.113. The van der Waals surface area contributed by atoms with Crippen molar-refractivity contribution >= 4 is 10.0 Å². The van der Waals surface area contributed by atoms with E-state index in [1.54, 1.807) is 0 Å². The van der Waals surface area contributed by atoms with E-state index in [9.17, 15) is 8.42 Å². The minimum atomic E-state index is -3.54. The highest BCUT2D eigenvalue weighted by molar-refractivity contribution is 7.89. The number of imidazole rings is 1. The van der Waals surface area contributed by atoms with Crippen LogP contribution in [0.2, 0.25) is 0 Å². The Balaban J connectivity index is 2.07. The van der Waals surface area contributed by atoms with Gasteiger partial charge < -0.3 is 9.72 Å². The van der Waals surface area contributed by atoms with Crippen molar-refractivity contribution in [3.8, 4) is 0 Å². The summed E-state index contributed by atoms with van der Waals surface area (Å²) in [4.78, 5) is 6.86. The average Bonchev–Trinajstić information content (AvgIpc) is 2.87. The number of aryl methyl sites for hydroxylation is 1. The number of aromatic amines is 1. The van der Waals surface area contributed by atoms with Gasteiger partial charge in [-0.2, -0.15) is 0 Å². The van der Waals surface area contributed by atoms with Gasteiger partial charge in [0.2, 0.25) is 0 Å². The van der Waals surface area contributed by atoms with E-state index in [0.717, 1.165) is 0 Å². The molecule has 0 aromatic carbocycles. The van der Waals surface area contributed by atoms with Crippen LogP contribution in [0.1, 0.15) is 39.9 Å². The second-order valence-electron chi connectivity index (χ2n) is 5.72. The predicted octanol–water partition coefficient (Wildman–Crippen LogP) is 1.45. The molecule has 0 amide bonds. The third kappa shape index (κ3) is 2.75. The molecule has 1 aliphatic rings. The van der Waals surface area contributed by atoms with Crippen LogP contribution in [0.5, 0.6) is 0 Å². The van der Waals surface area contributed by atoms with Gasteiger partial charge in [0, 0.05) is 24.5 Å². The van der Waals surface area contributed by atoms with Crippen molar-refractivity contribution in [1.29, 1.82) is 0 Å². The molecule has 2 unspecified atom stereocenters. The van der Waals surface area contributed by atoms with Gasteiger partial charge in [0.25, 0.3) is 10.0 Å². The van der Waals surface area contributed by atoms with Gasteiger partial charge in [-0.15, -0.1) is 0 Å². The SMILES string of the molecule is CCOC1CC(NS(=O)(=O)c2cnc(CC)[nH]2)C1(C)C. The summed E-state index contributed by atoms with van der Waals surface area (Å²) < 4.78 is 32.9. The van der Waals surface area contributed by atoms with Crippen LogP contribution in [0.15, 0.2) is 11.2 Å². The lowest BCUT2D eigenvalue weighted by Crippen LogP contribution is -2.61. The Morgan fingerprint density at radius 3 is 2.70 bits per heavy atom. The molecule has 0 aliphatic heterocycles. The number of ether oxygens (including phenoxy) is 1. The van der Waals surface area contributed by atoms with Gasteiger partial charge in [-0.3, -0.25) is 0 Å². The van der Waals surface area contributed by atoms with E-state index in [1.807, 2.05) is 27.7 Å². The fraction of sp³-hybridized carbons (Fsp3) is 0.769. The Labute approximate surface area is 120 Å². The molecule has 20 heavy (non-hydrogen) atoms. The number of rotatable bonds is 6. The van der Waals surface area contributed by atoms with Crippen molar-refractivity contribution in [3.63, 3.8) is 0 Å². The minimum absolute atomic E-state index is 0.105. The molecular weight excluding hydrogens is 278 g/mol. The summed E-state index contributed by atoms with van der Waals surface area (Å²) in [5.74, 6) is 0.672. The molecule has 1 saturated carbocycles. The molecule has 0 saturated heterocycles. The summed E-state index contributed by atoms with van der Waals surface area (Å²) in [7, 11) is -3.54. The Kier molecular flexibility index (Phi) is 4.22. The first-order valence-electron chi connectivity index (χ1n) is 6.99. The molecule has 0 spiro atoms. The fourth-order valence-corrected chi connectivity index (χ4v) is 3.82. The third-order valence-electron chi connectivity index (χ3n) is 4.07. The molecule has 6 nitrogen and oxygen atoms in total. The Morgan fingerprint density at radius 1 is 1.50 bits per heavy atom.